The fourth-order valence-corrected chi connectivity index (χ4v) is 8.42. The molecule has 338 valence electrons. The minimum atomic E-state index is -0.938. The molecular formula is C49H53N7O9. The predicted octanol–water partition coefficient (Wildman–Crippen LogP) is 5.26. The Labute approximate surface area is 375 Å². The summed E-state index contributed by atoms with van der Waals surface area (Å²) < 4.78 is 19.2. The molecule has 16 heteroatoms. The van der Waals surface area contributed by atoms with Crippen LogP contribution in [0.3, 0.4) is 0 Å². The zero-order valence-electron chi connectivity index (χ0n) is 36.1. The van der Waals surface area contributed by atoms with Crippen LogP contribution in [-0.2, 0) is 29.7 Å². The molecule has 0 spiro atoms. The van der Waals surface area contributed by atoms with Crippen molar-refractivity contribution in [1.29, 1.82) is 0 Å². The molecule has 6 aromatic rings. The van der Waals surface area contributed by atoms with Gasteiger partial charge in [-0.05, 0) is 103 Å². The van der Waals surface area contributed by atoms with E-state index in [0.29, 0.717) is 46.8 Å². The van der Waals surface area contributed by atoms with Gasteiger partial charge in [0.15, 0.2) is 0 Å². The number of pyridine rings is 1. The molecule has 2 bridgehead atoms. The lowest BCUT2D eigenvalue weighted by molar-refractivity contribution is -0.0336. The number of piperidine rings is 3. The Bertz CT molecular complexity index is 2660. The van der Waals surface area contributed by atoms with Crippen LogP contribution in [0.25, 0.3) is 10.9 Å². The van der Waals surface area contributed by atoms with Crippen LogP contribution in [0.5, 0.6) is 11.5 Å². The van der Waals surface area contributed by atoms with E-state index in [1.165, 1.54) is 12.1 Å². The Morgan fingerprint density at radius 1 is 0.923 bits per heavy atom. The highest BCUT2D eigenvalue weighted by molar-refractivity contribution is 5.92. The van der Waals surface area contributed by atoms with E-state index in [9.17, 15) is 29.4 Å². The number of aryl methyl sites for hydroxylation is 1. The third-order valence-electron chi connectivity index (χ3n) is 12.0. The molecule has 9 rings (SSSR count). The Balaban J connectivity index is 0.755. The number of carbonyl (C=O) groups is 3. The Morgan fingerprint density at radius 2 is 1.71 bits per heavy atom. The molecule has 2 amide bonds. The van der Waals surface area contributed by atoms with Gasteiger partial charge in [-0.15, -0.1) is 0 Å². The number of phenolic OH excluding ortho intramolecular Hbond substituents is 1. The highest BCUT2D eigenvalue weighted by Gasteiger charge is 2.37. The normalized spacial score (nSPS) is 17.5. The van der Waals surface area contributed by atoms with Crippen LogP contribution < -0.4 is 26.2 Å². The average Bonchev–Trinajstić information content (AvgIpc) is 3.70. The zero-order chi connectivity index (χ0) is 45.3. The summed E-state index contributed by atoms with van der Waals surface area (Å²) in [4.78, 5) is 55.5. The predicted molar refractivity (Wildman–Crippen MR) is 241 cm³/mol. The van der Waals surface area contributed by atoms with Crippen molar-refractivity contribution in [3.63, 3.8) is 0 Å². The van der Waals surface area contributed by atoms with Crippen molar-refractivity contribution in [3.05, 3.63) is 159 Å². The fraction of sp³-hybridized carbons (Fsp3) is 0.327. The second-order valence-corrected chi connectivity index (χ2v) is 16.4. The SMILES string of the molecule is Cn1nc(C(=O)NCCCOC(=O)c2ccc(COc3cccc([C@@H](NC(=O)O[C@@H]4CN5CCC4CC5)c4ccccc4)c3)cc2)cc1CNC[C@H](O)c1ccc(O)c2[nH]c(=O)ccc12. The van der Waals surface area contributed by atoms with E-state index in [1.54, 1.807) is 54.2 Å². The van der Waals surface area contributed by atoms with Crippen molar-refractivity contribution < 1.29 is 38.8 Å². The third kappa shape index (κ3) is 11.2. The van der Waals surface area contributed by atoms with E-state index in [-0.39, 0.29) is 60.8 Å². The highest BCUT2D eigenvalue weighted by atomic mass is 16.6. The smallest absolute Gasteiger partial charge is 0.408 e. The van der Waals surface area contributed by atoms with E-state index in [1.807, 2.05) is 54.6 Å². The lowest BCUT2D eigenvalue weighted by Gasteiger charge is -2.43. The third-order valence-corrected chi connectivity index (χ3v) is 12.0. The first-order valence-electron chi connectivity index (χ1n) is 21.9. The molecule has 2 aromatic heterocycles. The first-order chi connectivity index (χ1) is 31.6. The number of aromatic hydroxyl groups is 1. The fourth-order valence-electron chi connectivity index (χ4n) is 8.42. The monoisotopic (exact) mass is 883 g/mol. The van der Waals surface area contributed by atoms with Gasteiger partial charge in [0, 0.05) is 44.7 Å². The summed E-state index contributed by atoms with van der Waals surface area (Å²) in [5.74, 6) is 0.0885. The van der Waals surface area contributed by atoms with Gasteiger partial charge in [0.25, 0.3) is 5.91 Å². The number of fused-ring (bicyclic) bond motifs is 4. The van der Waals surface area contributed by atoms with Crippen LogP contribution in [-0.4, -0.2) is 93.3 Å². The lowest BCUT2D eigenvalue weighted by Crippen LogP contribution is -2.52. The summed E-state index contributed by atoms with van der Waals surface area (Å²) in [7, 11) is 1.72. The molecule has 3 fully saturated rings. The summed E-state index contributed by atoms with van der Waals surface area (Å²) in [6.07, 6.45) is 1.03. The number of aromatic nitrogens is 3. The Kier molecular flexibility index (Phi) is 14.2. The molecule has 4 aromatic carbocycles. The average molecular weight is 884 g/mol. The van der Waals surface area contributed by atoms with Crippen LogP contribution >= 0.6 is 0 Å². The van der Waals surface area contributed by atoms with Crippen molar-refractivity contribution in [2.75, 3.05) is 39.3 Å². The van der Waals surface area contributed by atoms with Crippen molar-refractivity contribution in [2.45, 2.75) is 50.7 Å². The second kappa shape index (κ2) is 20.7. The number of nitrogens with zero attached hydrogens (tertiary/aromatic N) is 3. The first-order valence-corrected chi connectivity index (χ1v) is 21.9. The number of H-pyrrole nitrogens is 1. The van der Waals surface area contributed by atoms with Gasteiger partial charge in [-0.3, -0.25) is 19.2 Å². The van der Waals surface area contributed by atoms with Crippen LogP contribution in [0.1, 0.15) is 80.2 Å². The molecule has 3 saturated heterocycles. The van der Waals surface area contributed by atoms with E-state index < -0.39 is 24.2 Å². The number of benzene rings is 4. The number of alkyl carbamates (subject to hydrolysis) is 1. The lowest BCUT2D eigenvalue weighted by atomic mass is 9.86. The number of amides is 2. The van der Waals surface area contributed by atoms with Gasteiger partial charge in [0.1, 0.15) is 29.9 Å². The number of esters is 1. The minimum absolute atomic E-state index is 0.0864. The topological polar surface area (TPSA) is 209 Å². The quantitative estimate of drug-likeness (QED) is 0.0483. The van der Waals surface area contributed by atoms with E-state index in [4.69, 9.17) is 14.2 Å². The summed E-state index contributed by atoms with van der Waals surface area (Å²) in [6.45, 7) is 4.01. The molecule has 3 atom stereocenters. The standard InChI is InChI=1S/C49H53N7O9/c1-55-36(27-50-28-42(58)38-15-17-41(57)46-39(38)16-18-44(59)52-46)26-40(54-55)47(60)51-21-6-24-63-48(61)34-13-11-31(12-14-34)30-64-37-10-5-9-35(25-37)45(33-7-3-2-4-8-33)53-49(62)65-43-29-56-22-19-32(43)20-23-56/h2-5,7-18,25-26,32,42-43,45,50,57-58H,6,19-24,27-30H2,1H3,(H,51,60)(H,52,59)(H,53,62)/t42-,43+,45-/m0/s1. The Morgan fingerprint density at radius 3 is 2.48 bits per heavy atom. The van der Waals surface area contributed by atoms with Gasteiger partial charge in [0.2, 0.25) is 5.56 Å². The summed E-state index contributed by atoms with van der Waals surface area (Å²) >= 11 is 0. The molecule has 0 aliphatic carbocycles. The number of aromatic amines is 1. The largest absolute Gasteiger partial charge is 0.506 e. The number of hydrogen-bond donors (Lipinski definition) is 6. The number of ether oxygens (including phenoxy) is 3. The molecule has 3 aliphatic rings. The molecule has 65 heavy (non-hydrogen) atoms. The van der Waals surface area contributed by atoms with Gasteiger partial charge in [0.05, 0.1) is 35.5 Å². The van der Waals surface area contributed by atoms with Gasteiger partial charge >= 0.3 is 12.1 Å². The molecule has 16 nitrogen and oxygen atoms in total. The first kappa shape index (κ1) is 44.6. The molecule has 0 radical (unpaired) electrons. The number of nitrogens with one attached hydrogen (secondary N) is 4. The van der Waals surface area contributed by atoms with Crippen LogP contribution in [0, 0.1) is 5.92 Å². The zero-order valence-corrected chi connectivity index (χ0v) is 36.1. The van der Waals surface area contributed by atoms with Crippen molar-refractivity contribution in [3.8, 4) is 11.5 Å². The van der Waals surface area contributed by atoms with E-state index in [0.717, 1.165) is 49.2 Å². The number of aliphatic hydroxyl groups excluding tert-OH is 1. The minimum Gasteiger partial charge on any atom is -0.506 e. The molecule has 6 N–H and O–H groups in total. The second-order valence-electron chi connectivity index (χ2n) is 16.4. The number of rotatable bonds is 18. The highest BCUT2D eigenvalue weighted by Crippen LogP contribution is 2.31. The van der Waals surface area contributed by atoms with E-state index >= 15 is 0 Å². The van der Waals surface area contributed by atoms with Gasteiger partial charge in [-0.1, -0.05) is 60.7 Å². The molecule has 0 unspecified atom stereocenters. The number of phenols is 1. The van der Waals surface area contributed by atoms with Crippen LogP contribution in [0.15, 0.2) is 114 Å². The maximum Gasteiger partial charge on any atom is 0.408 e. The molecule has 0 saturated carbocycles. The molecule has 5 heterocycles. The van der Waals surface area contributed by atoms with Gasteiger partial charge in [-0.25, -0.2) is 9.59 Å². The van der Waals surface area contributed by atoms with E-state index in [2.05, 4.69) is 30.9 Å². The molecule has 3 aliphatic heterocycles. The number of carbonyl (C=O) groups excluding carboxylic acids is 3. The van der Waals surface area contributed by atoms with Crippen LogP contribution in [0.2, 0.25) is 0 Å². The number of hydrogen-bond acceptors (Lipinski definition) is 12. The summed E-state index contributed by atoms with van der Waals surface area (Å²) in [5, 5.41) is 34.9. The summed E-state index contributed by atoms with van der Waals surface area (Å²) in [5.41, 5.74) is 4.38. The van der Waals surface area contributed by atoms with Crippen molar-refractivity contribution in [1.82, 2.24) is 35.6 Å². The maximum atomic E-state index is 13.2. The Hall–Kier alpha value is -7.01. The number of aliphatic hydroxyl groups is 1. The molecular weight excluding hydrogens is 831 g/mol. The van der Waals surface area contributed by atoms with Crippen molar-refractivity contribution in [2.24, 2.45) is 13.0 Å². The van der Waals surface area contributed by atoms with Crippen molar-refractivity contribution >= 4 is 28.9 Å². The maximum absolute atomic E-state index is 13.2. The van der Waals surface area contributed by atoms with Gasteiger partial charge < -0.3 is 45.4 Å². The van der Waals surface area contributed by atoms with Crippen LogP contribution in [0.4, 0.5) is 4.79 Å². The van der Waals surface area contributed by atoms with Gasteiger partial charge in [-0.2, -0.15) is 5.10 Å². The summed E-state index contributed by atoms with van der Waals surface area (Å²) in [6, 6.07) is 31.5.